The fourth-order valence-corrected chi connectivity index (χ4v) is 6.13. The van der Waals surface area contributed by atoms with Gasteiger partial charge in [-0.1, -0.05) is 48.6 Å². The molecule has 1 aliphatic rings. The van der Waals surface area contributed by atoms with Gasteiger partial charge in [0.15, 0.2) is 0 Å². The van der Waals surface area contributed by atoms with Gasteiger partial charge in [0, 0.05) is 37.0 Å². The van der Waals surface area contributed by atoms with Crippen LogP contribution in [-0.2, 0) is 14.8 Å². The third-order valence-corrected chi connectivity index (χ3v) is 7.95. The Bertz CT molecular complexity index is 1280. The van der Waals surface area contributed by atoms with Crippen LogP contribution in [0.5, 0.6) is 5.75 Å². The highest BCUT2D eigenvalue weighted by Crippen LogP contribution is 2.41. The van der Waals surface area contributed by atoms with Crippen LogP contribution in [0.1, 0.15) is 30.7 Å². The minimum absolute atomic E-state index is 0.0542. The lowest BCUT2D eigenvalue weighted by Gasteiger charge is -2.18. The van der Waals surface area contributed by atoms with Gasteiger partial charge in [-0.25, -0.2) is 8.42 Å². The maximum atomic E-state index is 13.6. The third-order valence-electron chi connectivity index (χ3n) is 6.09. The summed E-state index contributed by atoms with van der Waals surface area (Å²) in [6.45, 7) is 0.546. The first-order valence-corrected chi connectivity index (χ1v) is 12.3. The van der Waals surface area contributed by atoms with Crippen molar-refractivity contribution in [3.8, 4) is 5.75 Å². The van der Waals surface area contributed by atoms with Crippen LogP contribution < -0.4 is 0 Å². The second kappa shape index (κ2) is 9.72. The van der Waals surface area contributed by atoms with Crippen LogP contribution in [0.4, 0.5) is 0 Å². The Labute approximate surface area is 193 Å². The van der Waals surface area contributed by atoms with Crippen molar-refractivity contribution in [2.75, 3.05) is 13.1 Å². The molecule has 0 aliphatic carbocycles. The van der Waals surface area contributed by atoms with Crippen molar-refractivity contribution in [1.29, 1.82) is 0 Å². The molecule has 0 spiro atoms. The van der Waals surface area contributed by atoms with Gasteiger partial charge in [-0.15, -0.1) is 0 Å². The summed E-state index contributed by atoms with van der Waals surface area (Å²) in [5.41, 5.74) is 1.16. The molecule has 2 heterocycles. The highest BCUT2D eigenvalue weighted by Gasteiger charge is 2.40. The second-order valence-electron chi connectivity index (χ2n) is 8.22. The zero-order valence-corrected chi connectivity index (χ0v) is 18.9. The average molecular weight is 467 g/mol. The lowest BCUT2D eigenvalue weighted by Crippen LogP contribution is -2.29. The first-order valence-electron chi connectivity index (χ1n) is 10.9. The average Bonchev–Trinajstić information content (AvgIpc) is 3.23. The lowest BCUT2D eigenvalue weighted by molar-refractivity contribution is -0.136. The Morgan fingerprint density at radius 3 is 2.64 bits per heavy atom. The van der Waals surface area contributed by atoms with Crippen molar-refractivity contribution in [3.05, 3.63) is 78.5 Å². The van der Waals surface area contributed by atoms with Crippen LogP contribution in [0.15, 0.2) is 77.8 Å². The number of sulfonamides is 1. The standard InChI is InChI=1S/C25H26N2O5S/c28-22-12-5-4-11-20(22)21-17-27(16-19(21)8-2-1-3-14-24(29)30)33(31,32)23-13-6-9-18-10-7-15-26-25(18)23/h1-2,4-7,9-13,15,19,21,28H,3,8,14,16-17H2,(H,29,30)/t19-,21+/m0/s1. The zero-order valence-electron chi connectivity index (χ0n) is 18.0. The molecule has 172 valence electrons. The second-order valence-corrected chi connectivity index (χ2v) is 10.1. The fraction of sp³-hybridized carbons (Fsp3) is 0.280. The van der Waals surface area contributed by atoms with E-state index in [9.17, 15) is 18.3 Å². The fourth-order valence-electron chi connectivity index (χ4n) is 4.44. The zero-order chi connectivity index (χ0) is 23.4. The number of aromatic nitrogens is 1. The van der Waals surface area contributed by atoms with Gasteiger partial charge in [-0.3, -0.25) is 9.78 Å². The van der Waals surface area contributed by atoms with E-state index in [2.05, 4.69) is 4.98 Å². The molecule has 4 rings (SSSR count). The number of nitrogens with zero attached hydrogens (tertiary/aromatic N) is 2. The van der Waals surface area contributed by atoms with Gasteiger partial charge in [-0.2, -0.15) is 4.31 Å². The number of phenols is 1. The smallest absolute Gasteiger partial charge is 0.303 e. The highest BCUT2D eigenvalue weighted by atomic mass is 32.2. The Kier molecular flexibility index (Phi) is 6.76. The van der Waals surface area contributed by atoms with Gasteiger partial charge in [-0.05, 0) is 42.5 Å². The molecule has 2 atom stereocenters. The van der Waals surface area contributed by atoms with Gasteiger partial charge >= 0.3 is 5.97 Å². The first-order chi connectivity index (χ1) is 15.9. The van der Waals surface area contributed by atoms with E-state index in [0.717, 1.165) is 10.9 Å². The van der Waals surface area contributed by atoms with E-state index in [1.54, 1.807) is 36.5 Å². The molecule has 8 heteroatoms. The summed E-state index contributed by atoms with van der Waals surface area (Å²) < 4.78 is 28.8. The van der Waals surface area contributed by atoms with Crippen molar-refractivity contribution < 1.29 is 23.4 Å². The van der Waals surface area contributed by atoms with Crippen molar-refractivity contribution in [3.63, 3.8) is 0 Å². The first kappa shape index (κ1) is 22.9. The summed E-state index contributed by atoms with van der Waals surface area (Å²) in [5.74, 6) is -0.952. The summed E-state index contributed by atoms with van der Waals surface area (Å²) in [6.07, 6.45) is 6.38. The molecule has 7 nitrogen and oxygen atoms in total. The van der Waals surface area contributed by atoms with E-state index in [0.29, 0.717) is 24.9 Å². The maximum Gasteiger partial charge on any atom is 0.303 e. The van der Waals surface area contributed by atoms with E-state index < -0.39 is 16.0 Å². The predicted molar refractivity (Wildman–Crippen MR) is 125 cm³/mol. The quantitative estimate of drug-likeness (QED) is 0.483. The number of hydrogen-bond donors (Lipinski definition) is 2. The molecule has 0 saturated carbocycles. The summed E-state index contributed by atoms with van der Waals surface area (Å²) in [4.78, 5) is 15.2. The van der Waals surface area contributed by atoms with Gasteiger partial charge in [0.2, 0.25) is 10.0 Å². The molecule has 33 heavy (non-hydrogen) atoms. The number of rotatable bonds is 8. The highest BCUT2D eigenvalue weighted by molar-refractivity contribution is 7.89. The van der Waals surface area contributed by atoms with Crippen LogP contribution in [0.25, 0.3) is 10.9 Å². The Morgan fingerprint density at radius 2 is 1.85 bits per heavy atom. The number of benzene rings is 2. The number of phenolic OH excluding ortho intramolecular Hbond substituents is 1. The Hall–Kier alpha value is -3.23. The lowest BCUT2D eigenvalue weighted by atomic mass is 9.86. The minimum atomic E-state index is -3.81. The number of para-hydroxylation sites is 2. The summed E-state index contributed by atoms with van der Waals surface area (Å²) in [5, 5.41) is 20.0. The largest absolute Gasteiger partial charge is 0.508 e. The van der Waals surface area contributed by atoms with E-state index in [-0.39, 0.29) is 35.4 Å². The Morgan fingerprint density at radius 1 is 1.06 bits per heavy atom. The summed E-state index contributed by atoms with van der Waals surface area (Å²) >= 11 is 0. The van der Waals surface area contributed by atoms with Crippen LogP contribution in [0.2, 0.25) is 0 Å². The normalized spacial score (nSPS) is 19.4. The summed E-state index contributed by atoms with van der Waals surface area (Å²) in [6, 6.07) is 15.8. The van der Waals surface area contributed by atoms with Crippen LogP contribution in [0, 0.1) is 5.92 Å². The molecule has 2 aromatic carbocycles. The number of hydrogen-bond acceptors (Lipinski definition) is 5. The van der Waals surface area contributed by atoms with Crippen molar-refractivity contribution in [2.24, 2.45) is 5.92 Å². The molecule has 0 amide bonds. The number of allylic oxidation sites excluding steroid dienone is 2. The monoisotopic (exact) mass is 466 g/mol. The SMILES string of the molecule is O=C(O)CCC=CC[C@H]1CN(S(=O)(=O)c2cccc3cccnc23)C[C@H]1c1ccccc1O. The molecule has 0 bridgehead atoms. The number of fused-ring (bicyclic) bond motifs is 1. The number of carboxylic acid groups (broad SMARTS) is 1. The van der Waals surface area contributed by atoms with E-state index in [1.807, 2.05) is 36.4 Å². The van der Waals surface area contributed by atoms with Gasteiger partial charge in [0.05, 0.1) is 5.52 Å². The molecule has 0 radical (unpaired) electrons. The molecular weight excluding hydrogens is 440 g/mol. The minimum Gasteiger partial charge on any atom is -0.508 e. The van der Waals surface area contributed by atoms with E-state index in [4.69, 9.17) is 5.11 Å². The van der Waals surface area contributed by atoms with E-state index >= 15 is 0 Å². The molecule has 2 N–H and O–H groups in total. The topological polar surface area (TPSA) is 108 Å². The third kappa shape index (κ3) is 4.91. The molecular formula is C25H26N2O5S. The number of carboxylic acids is 1. The number of carbonyl (C=O) groups is 1. The number of pyridine rings is 1. The van der Waals surface area contributed by atoms with Crippen LogP contribution in [-0.4, -0.2) is 47.0 Å². The van der Waals surface area contributed by atoms with Crippen LogP contribution in [0.3, 0.4) is 0 Å². The van der Waals surface area contributed by atoms with Gasteiger partial charge < -0.3 is 10.2 Å². The molecule has 3 aromatic rings. The number of aliphatic carboxylic acids is 1. The van der Waals surface area contributed by atoms with Gasteiger partial charge in [0.1, 0.15) is 10.6 Å². The predicted octanol–water partition coefficient (Wildman–Crippen LogP) is 4.16. The van der Waals surface area contributed by atoms with E-state index in [1.165, 1.54) is 4.31 Å². The van der Waals surface area contributed by atoms with Crippen LogP contribution >= 0.6 is 0 Å². The molecule has 1 aromatic heterocycles. The molecule has 1 aliphatic heterocycles. The summed E-state index contributed by atoms with van der Waals surface area (Å²) in [7, 11) is -3.81. The molecule has 0 unspecified atom stereocenters. The van der Waals surface area contributed by atoms with Gasteiger partial charge in [0.25, 0.3) is 0 Å². The Balaban J connectivity index is 1.64. The van der Waals surface area contributed by atoms with Crippen molar-refractivity contribution in [1.82, 2.24) is 9.29 Å². The molecule has 1 saturated heterocycles. The maximum absolute atomic E-state index is 13.6. The van der Waals surface area contributed by atoms with Crippen molar-refractivity contribution >= 4 is 26.9 Å². The number of aromatic hydroxyl groups is 1. The molecule has 1 fully saturated rings. The van der Waals surface area contributed by atoms with Crippen molar-refractivity contribution in [2.45, 2.75) is 30.1 Å².